The maximum absolute atomic E-state index is 13.0. The summed E-state index contributed by atoms with van der Waals surface area (Å²) in [6.07, 6.45) is 1.43. The molecule has 4 nitrogen and oxygen atoms in total. The summed E-state index contributed by atoms with van der Waals surface area (Å²) in [5, 5.41) is 13.2. The van der Waals surface area contributed by atoms with Crippen LogP contribution in [0.25, 0.3) is 0 Å². The molecule has 0 bridgehead atoms. The summed E-state index contributed by atoms with van der Waals surface area (Å²) in [5.74, 6) is -0.0984. The molecule has 3 rings (SSSR count). The molecular weight excluding hydrogens is 259 g/mol. The highest BCUT2D eigenvalue weighted by molar-refractivity contribution is 5.46. The van der Waals surface area contributed by atoms with Crippen LogP contribution in [-0.4, -0.2) is 17.1 Å². The molecule has 1 aliphatic heterocycles. The topological polar surface area (TPSA) is 54.4 Å². The Morgan fingerprint density at radius 1 is 1.40 bits per heavy atom. The van der Waals surface area contributed by atoms with E-state index >= 15 is 0 Å². The summed E-state index contributed by atoms with van der Waals surface area (Å²) in [5.41, 5.74) is 3.07. The van der Waals surface area contributed by atoms with Crippen LogP contribution in [0.3, 0.4) is 0 Å². The molecule has 0 spiro atoms. The van der Waals surface area contributed by atoms with E-state index in [0.29, 0.717) is 18.8 Å². The Labute approximate surface area is 116 Å². The summed E-state index contributed by atoms with van der Waals surface area (Å²) < 4.78 is 18.7. The first-order valence-electron chi connectivity index (χ1n) is 6.42. The summed E-state index contributed by atoms with van der Waals surface area (Å²) in [6, 6.07) is 6.18. The second kappa shape index (κ2) is 5.19. The van der Waals surface area contributed by atoms with Crippen LogP contribution in [0.1, 0.15) is 28.5 Å². The number of benzene rings is 1. The zero-order chi connectivity index (χ0) is 14.1. The van der Waals surface area contributed by atoms with Crippen LogP contribution >= 0.6 is 0 Å². The number of aromatic nitrogens is 1. The Balaban J connectivity index is 1.98. The lowest BCUT2D eigenvalue weighted by molar-refractivity contribution is 0.0932. The lowest BCUT2D eigenvalue weighted by Gasteiger charge is -2.12. The Morgan fingerprint density at radius 3 is 2.85 bits per heavy atom. The third kappa shape index (κ3) is 2.15. The quantitative estimate of drug-likeness (QED) is 0.901. The van der Waals surface area contributed by atoms with Gasteiger partial charge in [-0.1, -0.05) is 12.1 Å². The number of rotatable bonds is 3. The van der Waals surface area contributed by atoms with Crippen LogP contribution in [0.4, 0.5) is 4.39 Å². The number of hydrogen-bond acceptors (Lipinski definition) is 4. The van der Waals surface area contributed by atoms with Crippen molar-refractivity contribution in [2.75, 3.05) is 7.05 Å². The molecule has 0 saturated carbocycles. The van der Waals surface area contributed by atoms with Crippen molar-refractivity contribution in [3.63, 3.8) is 0 Å². The minimum Gasteiger partial charge on any atom is -0.506 e. The fraction of sp³-hybridized carbons (Fsp3) is 0.267. The largest absolute Gasteiger partial charge is 0.506 e. The maximum Gasteiger partial charge on any atom is 0.144 e. The van der Waals surface area contributed by atoms with Crippen LogP contribution < -0.4 is 5.32 Å². The number of halogens is 1. The van der Waals surface area contributed by atoms with E-state index < -0.39 is 0 Å². The Hall–Kier alpha value is -1.98. The zero-order valence-corrected chi connectivity index (χ0v) is 11.1. The number of hydrogen-bond donors (Lipinski definition) is 2. The summed E-state index contributed by atoms with van der Waals surface area (Å²) in [7, 11) is 1.80. The molecule has 1 aliphatic rings. The molecule has 1 aromatic carbocycles. The van der Waals surface area contributed by atoms with Gasteiger partial charge in [-0.25, -0.2) is 4.39 Å². The van der Waals surface area contributed by atoms with Crippen molar-refractivity contribution in [2.24, 2.45) is 0 Å². The molecule has 1 atom stereocenters. The fourth-order valence-electron chi connectivity index (χ4n) is 2.44. The van der Waals surface area contributed by atoms with Crippen molar-refractivity contribution < 1.29 is 14.2 Å². The molecular formula is C15H15FN2O2. The van der Waals surface area contributed by atoms with Crippen LogP contribution in [0, 0.1) is 5.82 Å². The van der Waals surface area contributed by atoms with Crippen molar-refractivity contribution in [3.8, 4) is 5.75 Å². The lowest BCUT2D eigenvalue weighted by Crippen LogP contribution is -2.08. The average molecular weight is 274 g/mol. The van der Waals surface area contributed by atoms with Crippen molar-refractivity contribution >= 4 is 0 Å². The molecule has 2 heterocycles. The fourth-order valence-corrected chi connectivity index (χ4v) is 2.44. The van der Waals surface area contributed by atoms with E-state index in [2.05, 4.69) is 10.3 Å². The van der Waals surface area contributed by atoms with Crippen molar-refractivity contribution in [3.05, 3.63) is 58.7 Å². The SMILES string of the molecule is CNCc1ncc2c(c1O)COC2c1ccc(F)cc1. The van der Waals surface area contributed by atoms with E-state index in [4.69, 9.17) is 4.74 Å². The lowest BCUT2D eigenvalue weighted by atomic mass is 10.00. The maximum atomic E-state index is 13.0. The second-order valence-electron chi connectivity index (χ2n) is 4.76. The van der Waals surface area contributed by atoms with Gasteiger partial charge >= 0.3 is 0 Å². The normalized spacial score (nSPS) is 17.2. The predicted molar refractivity (Wildman–Crippen MR) is 71.7 cm³/mol. The highest BCUT2D eigenvalue weighted by Crippen LogP contribution is 2.40. The monoisotopic (exact) mass is 274 g/mol. The number of aromatic hydroxyl groups is 1. The molecule has 0 saturated heterocycles. The number of pyridine rings is 1. The molecule has 1 aromatic heterocycles. The first-order valence-corrected chi connectivity index (χ1v) is 6.42. The van der Waals surface area contributed by atoms with Gasteiger partial charge < -0.3 is 15.2 Å². The molecule has 104 valence electrons. The molecule has 2 aromatic rings. The van der Waals surface area contributed by atoms with E-state index in [1.54, 1.807) is 25.4 Å². The molecule has 20 heavy (non-hydrogen) atoms. The smallest absolute Gasteiger partial charge is 0.144 e. The molecule has 0 aliphatic carbocycles. The van der Waals surface area contributed by atoms with Gasteiger partial charge in [0.1, 0.15) is 17.7 Å². The Morgan fingerprint density at radius 2 is 2.15 bits per heavy atom. The van der Waals surface area contributed by atoms with E-state index in [9.17, 15) is 9.50 Å². The summed E-state index contributed by atoms with van der Waals surface area (Å²) in [4.78, 5) is 4.27. The number of nitrogens with zero attached hydrogens (tertiary/aromatic N) is 1. The van der Waals surface area contributed by atoms with Crippen molar-refractivity contribution in [2.45, 2.75) is 19.3 Å². The van der Waals surface area contributed by atoms with Gasteiger partial charge in [-0.3, -0.25) is 4.98 Å². The van der Waals surface area contributed by atoms with E-state index in [-0.39, 0.29) is 17.7 Å². The minimum atomic E-state index is -0.298. The molecule has 2 N–H and O–H groups in total. The van der Waals surface area contributed by atoms with Gasteiger partial charge in [0.15, 0.2) is 0 Å². The molecule has 0 fully saturated rings. The highest BCUT2D eigenvalue weighted by Gasteiger charge is 2.28. The second-order valence-corrected chi connectivity index (χ2v) is 4.76. The van der Waals surface area contributed by atoms with Crippen LogP contribution in [-0.2, 0) is 17.9 Å². The van der Waals surface area contributed by atoms with Gasteiger partial charge in [0.2, 0.25) is 0 Å². The van der Waals surface area contributed by atoms with E-state index in [0.717, 1.165) is 16.7 Å². The van der Waals surface area contributed by atoms with Gasteiger partial charge in [-0.15, -0.1) is 0 Å². The van der Waals surface area contributed by atoms with Gasteiger partial charge in [-0.2, -0.15) is 0 Å². The number of nitrogens with one attached hydrogen (secondary N) is 1. The van der Waals surface area contributed by atoms with E-state index in [1.807, 2.05) is 0 Å². The molecule has 1 unspecified atom stereocenters. The molecule has 0 radical (unpaired) electrons. The van der Waals surface area contributed by atoms with Gasteiger partial charge in [0.25, 0.3) is 0 Å². The highest BCUT2D eigenvalue weighted by atomic mass is 19.1. The van der Waals surface area contributed by atoms with Crippen molar-refractivity contribution in [1.29, 1.82) is 0 Å². The molecule has 0 amide bonds. The molecule has 5 heteroatoms. The van der Waals surface area contributed by atoms with Crippen LogP contribution in [0.15, 0.2) is 30.5 Å². The standard InChI is InChI=1S/C15H15FN2O2/c1-17-7-13-14(19)12-8-20-15(11(12)6-18-13)9-2-4-10(16)5-3-9/h2-6,15,17,19H,7-8H2,1H3. The summed E-state index contributed by atoms with van der Waals surface area (Å²) in [6.45, 7) is 0.836. The van der Waals surface area contributed by atoms with Gasteiger partial charge in [0, 0.05) is 23.9 Å². The predicted octanol–water partition coefficient (Wildman–Crippen LogP) is 2.27. The third-order valence-corrected chi connectivity index (χ3v) is 3.46. The third-order valence-electron chi connectivity index (χ3n) is 3.46. The van der Waals surface area contributed by atoms with Crippen molar-refractivity contribution in [1.82, 2.24) is 10.3 Å². The summed E-state index contributed by atoms with van der Waals surface area (Å²) >= 11 is 0. The number of fused-ring (bicyclic) bond motifs is 1. The van der Waals surface area contributed by atoms with E-state index in [1.165, 1.54) is 12.1 Å². The Bertz CT molecular complexity index is 629. The van der Waals surface area contributed by atoms with Gasteiger partial charge in [0.05, 0.1) is 12.3 Å². The first kappa shape index (κ1) is 13.0. The first-order chi connectivity index (χ1) is 9.70. The Kier molecular flexibility index (Phi) is 3.38. The minimum absolute atomic E-state index is 0.182. The van der Waals surface area contributed by atoms with Crippen LogP contribution in [0.2, 0.25) is 0 Å². The van der Waals surface area contributed by atoms with Gasteiger partial charge in [-0.05, 0) is 24.7 Å². The van der Waals surface area contributed by atoms with Crippen LogP contribution in [0.5, 0.6) is 5.75 Å². The number of ether oxygens (including phenoxy) is 1. The average Bonchev–Trinajstić information content (AvgIpc) is 2.88. The zero-order valence-electron chi connectivity index (χ0n) is 11.1.